The van der Waals surface area contributed by atoms with Crippen LogP contribution in [-0.2, 0) is 6.42 Å². The number of hydrogen-bond acceptors (Lipinski definition) is 9. The van der Waals surface area contributed by atoms with Crippen LogP contribution in [0, 0.1) is 11.6 Å². The minimum Gasteiger partial charge on any atom is -0.435 e. The second-order valence-electron chi connectivity index (χ2n) is 11.5. The maximum absolute atomic E-state index is 15.5. The maximum atomic E-state index is 15.5. The number of nitrogens with zero attached hydrogens (tertiary/aromatic N) is 6. The zero-order valence-corrected chi connectivity index (χ0v) is 24.9. The van der Waals surface area contributed by atoms with Crippen LogP contribution in [0.1, 0.15) is 29.8 Å². The SMILES string of the molecule is CCN1CCN(c2ccc(Nc3ncnc(Oc4cc(F)c5c(c4F)CC(C)N5)c3C(=O)N3CCN(C)CC3)cc2)CC1. The molecule has 0 spiro atoms. The molecule has 0 aliphatic carbocycles. The first-order valence-corrected chi connectivity index (χ1v) is 14.9. The summed E-state index contributed by atoms with van der Waals surface area (Å²) < 4.78 is 36.4. The molecule has 1 atom stereocenters. The summed E-state index contributed by atoms with van der Waals surface area (Å²) in [5.74, 6) is -1.86. The van der Waals surface area contributed by atoms with E-state index in [1.54, 1.807) is 4.90 Å². The van der Waals surface area contributed by atoms with Gasteiger partial charge in [0.1, 0.15) is 11.9 Å². The minimum atomic E-state index is -0.672. The highest BCUT2D eigenvalue weighted by Gasteiger charge is 2.31. The fraction of sp³-hybridized carbons (Fsp3) is 0.452. The van der Waals surface area contributed by atoms with Gasteiger partial charge in [-0.2, -0.15) is 0 Å². The smallest absolute Gasteiger partial charge is 0.263 e. The molecule has 2 saturated heterocycles. The summed E-state index contributed by atoms with van der Waals surface area (Å²) in [6.07, 6.45) is 1.58. The van der Waals surface area contributed by atoms with Gasteiger partial charge in [-0.25, -0.2) is 18.7 Å². The zero-order valence-electron chi connectivity index (χ0n) is 24.9. The van der Waals surface area contributed by atoms with Gasteiger partial charge in [0.05, 0.1) is 5.69 Å². The van der Waals surface area contributed by atoms with Gasteiger partial charge in [-0.3, -0.25) is 4.79 Å². The van der Waals surface area contributed by atoms with E-state index < -0.39 is 11.6 Å². The second-order valence-corrected chi connectivity index (χ2v) is 11.5. The molecule has 2 fully saturated rings. The lowest BCUT2D eigenvalue weighted by molar-refractivity contribution is 0.0661. The Balaban J connectivity index is 1.30. The third kappa shape index (κ3) is 6.07. The van der Waals surface area contributed by atoms with Crippen molar-refractivity contribution in [2.45, 2.75) is 26.3 Å². The van der Waals surface area contributed by atoms with Crippen LogP contribution < -0.4 is 20.3 Å². The predicted molar refractivity (Wildman–Crippen MR) is 163 cm³/mol. The molecule has 0 saturated carbocycles. The molecule has 1 amide bonds. The van der Waals surface area contributed by atoms with Gasteiger partial charge in [0.2, 0.25) is 5.88 Å². The molecule has 4 heterocycles. The lowest BCUT2D eigenvalue weighted by Crippen LogP contribution is -2.47. The van der Waals surface area contributed by atoms with Gasteiger partial charge in [-0.15, -0.1) is 0 Å². The van der Waals surface area contributed by atoms with Crippen molar-refractivity contribution < 1.29 is 18.3 Å². The largest absolute Gasteiger partial charge is 0.435 e. The summed E-state index contributed by atoms with van der Waals surface area (Å²) in [4.78, 5) is 31.2. The van der Waals surface area contributed by atoms with Crippen LogP contribution in [-0.4, -0.2) is 103 Å². The van der Waals surface area contributed by atoms with Crippen LogP contribution in [0.2, 0.25) is 0 Å². The van der Waals surface area contributed by atoms with Crippen LogP contribution in [0.25, 0.3) is 0 Å². The number of aromatic nitrogens is 2. The summed E-state index contributed by atoms with van der Waals surface area (Å²) in [5.41, 5.74) is 2.28. The number of piperazine rings is 2. The Kier molecular flexibility index (Phi) is 8.31. The van der Waals surface area contributed by atoms with Crippen molar-refractivity contribution in [3.63, 3.8) is 0 Å². The lowest BCUT2D eigenvalue weighted by Gasteiger charge is -2.35. The molecular weight excluding hydrogens is 554 g/mol. The molecular formula is C31H38F2N8O2. The number of hydrogen-bond donors (Lipinski definition) is 2. The predicted octanol–water partition coefficient (Wildman–Crippen LogP) is 4.18. The molecule has 1 aromatic heterocycles. The van der Waals surface area contributed by atoms with E-state index in [0.29, 0.717) is 32.6 Å². The van der Waals surface area contributed by atoms with Gasteiger partial charge in [0, 0.05) is 81.4 Å². The molecule has 3 aromatic rings. The molecule has 2 aromatic carbocycles. The molecule has 1 unspecified atom stereocenters. The monoisotopic (exact) mass is 592 g/mol. The second kappa shape index (κ2) is 12.3. The first-order valence-electron chi connectivity index (χ1n) is 14.9. The average molecular weight is 593 g/mol. The Labute approximate surface area is 250 Å². The molecule has 43 heavy (non-hydrogen) atoms. The number of fused-ring (bicyclic) bond motifs is 1. The normalized spacial score (nSPS) is 19.2. The van der Waals surface area contributed by atoms with Gasteiger partial charge in [0.25, 0.3) is 5.91 Å². The fourth-order valence-corrected chi connectivity index (χ4v) is 5.90. The van der Waals surface area contributed by atoms with E-state index in [0.717, 1.165) is 50.2 Å². The Morgan fingerprint density at radius 3 is 2.47 bits per heavy atom. The maximum Gasteiger partial charge on any atom is 0.263 e. The number of halogens is 2. The summed E-state index contributed by atoms with van der Waals surface area (Å²) in [6.45, 7) is 11.5. The van der Waals surface area contributed by atoms with E-state index in [1.165, 1.54) is 6.33 Å². The summed E-state index contributed by atoms with van der Waals surface area (Å²) in [7, 11) is 2.00. The summed E-state index contributed by atoms with van der Waals surface area (Å²) >= 11 is 0. The zero-order chi connectivity index (χ0) is 30.1. The first kappa shape index (κ1) is 29.1. The average Bonchev–Trinajstić information content (AvgIpc) is 3.43. The van der Waals surface area contributed by atoms with Crippen LogP contribution >= 0.6 is 0 Å². The highest BCUT2D eigenvalue weighted by atomic mass is 19.1. The van der Waals surface area contributed by atoms with E-state index in [4.69, 9.17) is 4.74 Å². The number of rotatable bonds is 7. The van der Waals surface area contributed by atoms with Crippen molar-refractivity contribution in [3.05, 3.63) is 59.4 Å². The highest BCUT2D eigenvalue weighted by molar-refractivity contribution is 6.01. The number of nitrogens with one attached hydrogen (secondary N) is 2. The number of likely N-dealkylation sites (N-methyl/N-ethyl adjacent to an activating group) is 2. The van der Waals surface area contributed by atoms with E-state index in [1.807, 2.05) is 38.2 Å². The van der Waals surface area contributed by atoms with Crippen LogP contribution in [0.5, 0.6) is 11.6 Å². The standard InChI is InChI=1S/C31H38F2N8O2/c1-4-39-11-15-40(16-12-39)22-7-5-21(6-8-22)37-29-26(31(42)41-13-9-38(3)10-14-41)30(35-19-34-29)43-25-18-24(32)28-23(27(25)33)17-20(2)36-28/h5-8,18-20,36H,4,9-17H2,1-3H3,(H,34,35,37). The molecule has 0 radical (unpaired) electrons. The minimum absolute atomic E-state index is 0.0682. The van der Waals surface area contributed by atoms with Crippen LogP contribution in [0.4, 0.5) is 31.7 Å². The van der Waals surface area contributed by atoms with Crippen LogP contribution in [0.15, 0.2) is 36.7 Å². The molecule has 6 rings (SSSR count). The van der Waals surface area contributed by atoms with Crippen LogP contribution in [0.3, 0.4) is 0 Å². The van der Waals surface area contributed by atoms with E-state index in [9.17, 15) is 9.18 Å². The van der Waals surface area contributed by atoms with Gasteiger partial charge in [-0.05, 0) is 51.2 Å². The Hall–Kier alpha value is -4.03. The lowest BCUT2D eigenvalue weighted by atomic mass is 10.1. The Morgan fingerprint density at radius 2 is 1.77 bits per heavy atom. The van der Waals surface area contributed by atoms with Gasteiger partial charge < -0.3 is 35.0 Å². The number of carbonyl (C=O) groups excluding carboxylic acids is 1. The van der Waals surface area contributed by atoms with E-state index in [2.05, 4.69) is 42.2 Å². The number of benzene rings is 2. The first-order chi connectivity index (χ1) is 20.8. The highest BCUT2D eigenvalue weighted by Crippen LogP contribution is 2.39. The molecule has 2 N–H and O–H groups in total. The molecule has 3 aliphatic heterocycles. The van der Waals surface area contributed by atoms with Crippen molar-refractivity contribution in [1.29, 1.82) is 0 Å². The quantitative estimate of drug-likeness (QED) is 0.420. The summed E-state index contributed by atoms with van der Waals surface area (Å²) in [5, 5.41) is 6.22. The topological polar surface area (TPSA) is 89.1 Å². The van der Waals surface area contributed by atoms with Gasteiger partial charge in [0.15, 0.2) is 23.2 Å². The number of anilines is 4. The Bertz CT molecular complexity index is 1470. The van der Waals surface area contributed by atoms with Crippen molar-refractivity contribution in [3.8, 4) is 11.6 Å². The van der Waals surface area contributed by atoms with Crippen molar-refractivity contribution in [1.82, 2.24) is 24.7 Å². The number of amides is 1. The number of carbonyl (C=O) groups is 1. The van der Waals surface area contributed by atoms with Crippen molar-refractivity contribution in [2.24, 2.45) is 0 Å². The van der Waals surface area contributed by atoms with Crippen molar-refractivity contribution in [2.75, 3.05) is 81.5 Å². The molecule has 10 nitrogen and oxygen atoms in total. The molecule has 12 heteroatoms. The molecule has 228 valence electrons. The molecule has 0 bridgehead atoms. The fourth-order valence-electron chi connectivity index (χ4n) is 5.90. The van der Waals surface area contributed by atoms with Gasteiger partial charge >= 0.3 is 0 Å². The van der Waals surface area contributed by atoms with E-state index in [-0.39, 0.29) is 46.2 Å². The third-order valence-electron chi connectivity index (χ3n) is 8.52. The van der Waals surface area contributed by atoms with Crippen molar-refractivity contribution >= 4 is 28.8 Å². The third-order valence-corrected chi connectivity index (χ3v) is 8.52. The van der Waals surface area contributed by atoms with Gasteiger partial charge in [-0.1, -0.05) is 6.92 Å². The Morgan fingerprint density at radius 1 is 1.05 bits per heavy atom. The van der Waals surface area contributed by atoms with E-state index >= 15 is 4.39 Å². The number of ether oxygens (including phenoxy) is 1. The summed E-state index contributed by atoms with van der Waals surface area (Å²) in [6, 6.07) is 8.86. The molecule has 3 aliphatic rings.